The molecule has 0 saturated carbocycles. The minimum Gasteiger partial charge on any atom is -0.339 e. The lowest BCUT2D eigenvalue weighted by Gasteiger charge is -2.28. The largest absolute Gasteiger partial charge is 0.339 e. The normalized spacial score (nSPS) is 11.7. The van der Waals surface area contributed by atoms with Crippen molar-refractivity contribution in [3.8, 4) is 17.5 Å². The Morgan fingerprint density at radius 3 is 2.53 bits per heavy atom. The summed E-state index contributed by atoms with van der Waals surface area (Å²) in [6.07, 6.45) is 1.44. The number of rotatable bonds is 8. The van der Waals surface area contributed by atoms with Gasteiger partial charge in [0.1, 0.15) is 5.82 Å². The van der Waals surface area contributed by atoms with E-state index in [0.717, 1.165) is 5.56 Å². The molecule has 0 spiro atoms. The standard InChI is InChI=1S/C23H23FN4O2/c1-3-28(16(2)18-9-7-17(15-25)8-10-18)22(29)6-4-5-21-26-23(27-30-21)19-11-13-20(24)14-12-19/h7-14,16H,3-6H2,1-2H3. The molecule has 0 aliphatic carbocycles. The van der Waals surface area contributed by atoms with Crippen molar-refractivity contribution in [1.82, 2.24) is 15.0 Å². The number of aromatic nitrogens is 2. The molecule has 0 aliphatic heterocycles. The first kappa shape index (κ1) is 21.2. The van der Waals surface area contributed by atoms with E-state index in [9.17, 15) is 9.18 Å². The number of amides is 1. The average molecular weight is 406 g/mol. The number of carbonyl (C=O) groups is 1. The van der Waals surface area contributed by atoms with Crippen LogP contribution in [0.4, 0.5) is 4.39 Å². The molecule has 3 aromatic rings. The summed E-state index contributed by atoms with van der Waals surface area (Å²) in [6, 6.07) is 15.2. The third-order valence-corrected chi connectivity index (χ3v) is 5.00. The lowest BCUT2D eigenvalue weighted by molar-refractivity contribution is -0.133. The first-order chi connectivity index (χ1) is 14.5. The van der Waals surface area contributed by atoms with Crippen molar-refractivity contribution in [2.45, 2.75) is 39.2 Å². The monoisotopic (exact) mass is 406 g/mol. The molecular formula is C23H23FN4O2. The molecule has 0 bridgehead atoms. The first-order valence-electron chi connectivity index (χ1n) is 9.90. The summed E-state index contributed by atoms with van der Waals surface area (Å²) in [5, 5.41) is 12.9. The Labute approximate surface area is 174 Å². The van der Waals surface area contributed by atoms with Crippen LogP contribution in [-0.4, -0.2) is 27.5 Å². The van der Waals surface area contributed by atoms with E-state index in [4.69, 9.17) is 9.78 Å². The van der Waals surface area contributed by atoms with E-state index >= 15 is 0 Å². The van der Waals surface area contributed by atoms with Gasteiger partial charge in [0.25, 0.3) is 0 Å². The van der Waals surface area contributed by atoms with Crippen LogP contribution < -0.4 is 0 Å². The van der Waals surface area contributed by atoms with Crippen LogP contribution in [0.2, 0.25) is 0 Å². The second kappa shape index (κ2) is 9.79. The maximum absolute atomic E-state index is 13.0. The van der Waals surface area contributed by atoms with Gasteiger partial charge in [0.15, 0.2) is 0 Å². The average Bonchev–Trinajstić information content (AvgIpc) is 3.23. The zero-order valence-electron chi connectivity index (χ0n) is 17.0. The molecule has 1 aromatic heterocycles. The molecule has 0 fully saturated rings. The predicted octanol–water partition coefficient (Wildman–Crippen LogP) is 4.68. The van der Waals surface area contributed by atoms with Gasteiger partial charge < -0.3 is 9.42 Å². The molecule has 1 atom stereocenters. The van der Waals surface area contributed by atoms with Crippen LogP contribution in [0, 0.1) is 17.1 Å². The fourth-order valence-electron chi connectivity index (χ4n) is 3.29. The van der Waals surface area contributed by atoms with E-state index < -0.39 is 0 Å². The molecule has 30 heavy (non-hydrogen) atoms. The molecule has 3 rings (SSSR count). The van der Waals surface area contributed by atoms with E-state index in [-0.39, 0.29) is 17.8 Å². The molecule has 1 unspecified atom stereocenters. The van der Waals surface area contributed by atoms with Gasteiger partial charge in [-0.2, -0.15) is 10.2 Å². The number of benzene rings is 2. The molecule has 7 heteroatoms. The molecule has 154 valence electrons. The molecule has 1 amide bonds. The summed E-state index contributed by atoms with van der Waals surface area (Å²) in [5.74, 6) is 0.579. The van der Waals surface area contributed by atoms with Gasteiger partial charge in [-0.25, -0.2) is 4.39 Å². The fraction of sp³-hybridized carbons (Fsp3) is 0.304. The van der Waals surface area contributed by atoms with Crippen LogP contribution >= 0.6 is 0 Å². The van der Waals surface area contributed by atoms with Crippen LogP contribution in [0.25, 0.3) is 11.4 Å². The summed E-state index contributed by atoms with van der Waals surface area (Å²) in [4.78, 5) is 18.9. The van der Waals surface area contributed by atoms with Gasteiger partial charge in [0, 0.05) is 24.9 Å². The number of hydrogen-bond acceptors (Lipinski definition) is 5. The Balaban J connectivity index is 1.55. The zero-order chi connectivity index (χ0) is 21.5. The predicted molar refractivity (Wildman–Crippen MR) is 110 cm³/mol. The molecule has 0 N–H and O–H groups in total. The molecule has 0 aliphatic rings. The summed E-state index contributed by atoms with van der Waals surface area (Å²) >= 11 is 0. The van der Waals surface area contributed by atoms with Gasteiger partial charge in [0.05, 0.1) is 17.7 Å². The number of nitrogens with zero attached hydrogens (tertiary/aromatic N) is 4. The number of carbonyl (C=O) groups excluding carboxylic acids is 1. The van der Waals surface area contributed by atoms with E-state index in [0.29, 0.717) is 48.6 Å². The van der Waals surface area contributed by atoms with E-state index in [1.165, 1.54) is 12.1 Å². The molecule has 0 saturated heterocycles. The van der Waals surface area contributed by atoms with Gasteiger partial charge in [-0.3, -0.25) is 4.79 Å². The molecule has 1 heterocycles. The van der Waals surface area contributed by atoms with E-state index in [1.807, 2.05) is 30.9 Å². The maximum atomic E-state index is 13.0. The number of nitriles is 1. The lowest BCUT2D eigenvalue weighted by Crippen LogP contribution is -2.33. The highest BCUT2D eigenvalue weighted by Crippen LogP contribution is 2.22. The van der Waals surface area contributed by atoms with Gasteiger partial charge >= 0.3 is 0 Å². The third-order valence-electron chi connectivity index (χ3n) is 5.00. The highest BCUT2D eigenvalue weighted by Gasteiger charge is 2.20. The zero-order valence-corrected chi connectivity index (χ0v) is 17.0. The summed E-state index contributed by atoms with van der Waals surface area (Å²) < 4.78 is 18.3. The third kappa shape index (κ3) is 5.09. The van der Waals surface area contributed by atoms with Crippen molar-refractivity contribution in [1.29, 1.82) is 5.26 Å². The quantitative estimate of drug-likeness (QED) is 0.542. The van der Waals surface area contributed by atoms with Crippen molar-refractivity contribution in [2.24, 2.45) is 0 Å². The minimum atomic E-state index is -0.323. The van der Waals surface area contributed by atoms with E-state index in [1.54, 1.807) is 24.3 Å². The molecule has 2 aromatic carbocycles. The second-order valence-electron chi connectivity index (χ2n) is 6.96. The summed E-state index contributed by atoms with van der Waals surface area (Å²) in [6.45, 7) is 4.52. The number of halogens is 1. The Kier molecular flexibility index (Phi) is 6.91. The van der Waals surface area contributed by atoms with Crippen LogP contribution in [0.3, 0.4) is 0 Å². The Morgan fingerprint density at radius 1 is 1.20 bits per heavy atom. The molecule has 6 nitrogen and oxygen atoms in total. The van der Waals surface area contributed by atoms with E-state index in [2.05, 4.69) is 16.2 Å². The highest BCUT2D eigenvalue weighted by molar-refractivity contribution is 5.76. The first-order valence-corrected chi connectivity index (χ1v) is 9.90. The Morgan fingerprint density at radius 2 is 1.90 bits per heavy atom. The van der Waals surface area contributed by atoms with Gasteiger partial charge in [-0.15, -0.1) is 0 Å². The maximum Gasteiger partial charge on any atom is 0.226 e. The van der Waals surface area contributed by atoms with Crippen LogP contribution in [0.15, 0.2) is 53.1 Å². The molecule has 0 radical (unpaired) electrons. The number of aryl methyl sites for hydroxylation is 1. The SMILES string of the molecule is CCN(C(=O)CCCc1nc(-c2ccc(F)cc2)no1)C(C)c1ccc(C#N)cc1. The molecular weight excluding hydrogens is 383 g/mol. The van der Waals surface area contributed by atoms with Crippen molar-refractivity contribution < 1.29 is 13.7 Å². The second-order valence-corrected chi connectivity index (χ2v) is 6.96. The number of hydrogen-bond donors (Lipinski definition) is 0. The topological polar surface area (TPSA) is 83.0 Å². The summed E-state index contributed by atoms with van der Waals surface area (Å²) in [5.41, 5.74) is 2.26. The summed E-state index contributed by atoms with van der Waals surface area (Å²) in [7, 11) is 0. The van der Waals surface area contributed by atoms with Crippen LogP contribution in [-0.2, 0) is 11.2 Å². The lowest BCUT2D eigenvalue weighted by atomic mass is 10.0. The Bertz CT molecular complexity index is 1020. The van der Waals surface area contributed by atoms with Gasteiger partial charge in [-0.1, -0.05) is 17.3 Å². The van der Waals surface area contributed by atoms with Gasteiger partial charge in [0.2, 0.25) is 17.6 Å². The highest BCUT2D eigenvalue weighted by atomic mass is 19.1. The fourth-order valence-corrected chi connectivity index (χ4v) is 3.29. The van der Waals surface area contributed by atoms with Crippen molar-refractivity contribution in [2.75, 3.05) is 6.54 Å². The van der Waals surface area contributed by atoms with Gasteiger partial charge in [-0.05, 0) is 62.2 Å². The van der Waals surface area contributed by atoms with Crippen LogP contribution in [0.1, 0.15) is 49.7 Å². The minimum absolute atomic E-state index is 0.0487. The van der Waals surface area contributed by atoms with Crippen LogP contribution in [0.5, 0.6) is 0 Å². The Hall–Kier alpha value is -3.53. The van der Waals surface area contributed by atoms with Crippen molar-refractivity contribution in [3.05, 3.63) is 71.4 Å². The van der Waals surface area contributed by atoms with Crippen molar-refractivity contribution >= 4 is 5.91 Å². The smallest absolute Gasteiger partial charge is 0.226 e. The van der Waals surface area contributed by atoms with Crippen molar-refractivity contribution in [3.63, 3.8) is 0 Å².